The van der Waals surface area contributed by atoms with E-state index >= 15 is 0 Å². The van der Waals surface area contributed by atoms with Gasteiger partial charge in [0.05, 0.1) is 6.26 Å². The molecule has 0 aliphatic carbocycles. The molecule has 1 unspecified atom stereocenters. The second-order valence-corrected chi connectivity index (χ2v) is 4.74. The Morgan fingerprint density at radius 2 is 2.44 bits per heavy atom. The summed E-state index contributed by atoms with van der Waals surface area (Å²) in [5.74, 6) is 0.291. The first-order valence-electron chi connectivity index (χ1n) is 6.74. The minimum absolute atomic E-state index is 0.0872. The van der Waals surface area contributed by atoms with Gasteiger partial charge in [-0.15, -0.1) is 0 Å². The summed E-state index contributed by atoms with van der Waals surface area (Å²) in [6.07, 6.45) is 7.53. The number of hydrogen-bond donors (Lipinski definition) is 1. The van der Waals surface area contributed by atoms with E-state index in [1.807, 2.05) is 0 Å². The zero-order valence-electron chi connectivity index (χ0n) is 10.7. The van der Waals surface area contributed by atoms with Gasteiger partial charge < -0.3 is 14.5 Å². The van der Waals surface area contributed by atoms with Gasteiger partial charge in [-0.3, -0.25) is 4.79 Å². The minimum Gasteiger partial charge on any atom is -0.461 e. The van der Waals surface area contributed by atoms with Gasteiger partial charge >= 0.3 is 0 Å². The largest absolute Gasteiger partial charge is 0.461 e. The van der Waals surface area contributed by atoms with E-state index in [9.17, 15) is 4.79 Å². The molecule has 1 fully saturated rings. The lowest BCUT2D eigenvalue weighted by molar-refractivity contribution is 0.0721. The molecule has 1 aromatic heterocycles. The molecule has 1 aromatic rings. The maximum absolute atomic E-state index is 11.5. The fraction of sp³-hybridized carbons (Fsp3) is 0.643. The average molecular weight is 251 g/mol. The van der Waals surface area contributed by atoms with Crippen molar-refractivity contribution in [2.24, 2.45) is 0 Å². The molecule has 0 aromatic carbocycles. The van der Waals surface area contributed by atoms with E-state index in [1.165, 1.54) is 25.5 Å². The lowest BCUT2D eigenvalue weighted by atomic mass is 10.0. The zero-order chi connectivity index (χ0) is 12.6. The van der Waals surface area contributed by atoms with Crippen LogP contribution in [0.15, 0.2) is 22.8 Å². The Balaban J connectivity index is 1.52. The number of carbonyl (C=O) groups excluding carboxylic acids is 1. The highest BCUT2D eigenvalue weighted by atomic mass is 16.5. The van der Waals surface area contributed by atoms with Crippen LogP contribution in [0.25, 0.3) is 0 Å². The molecule has 0 bridgehead atoms. The fourth-order valence-corrected chi connectivity index (χ4v) is 2.28. The normalized spacial score (nSPS) is 19.9. The molecule has 4 heteroatoms. The van der Waals surface area contributed by atoms with Gasteiger partial charge in [-0.1, -0.05) is 6.42 Å². The van der Waals surface area contributed by atoms with Gasteiger partial charge in [0.25, 0.3) is 0 Å². The zero-order valence-corrected chi connectivity index (χ0v) is 10.7. The summed E-state index contributed by atoms with van der Waals surface area (Å²) in [5.41, 5.74) is 0. The maximum Gasteiger partial charge on any atom is 0.223 e. The molecule has 100 valence electrons. The van der Waals surface area contributed by atoms with Gasteiger partial charge in [0, 0.05) is 12.6 Å². The van der Waals surface area contributed by atoms with Crippen LogP contribution in [0.5, 0.6) is 0 Å². The highest BCUT2D eigenvalue weighted by molar-refractivity contribution is 5.94. The predicted octanol–water partition coefficient (Wildman–Crippen LogP) is 2.40. The average Bonchev–Trinajstić information content (AvgIpc) is 2.93. The van der Waals surface area contributed by atoms with E-state index in [4.69, 9.17) is 9.15 Å². The molecule has 0 radical (unpaired) electrons. The Bertz CT molecular complexity index is 342. The number of furan rings is 1. The third-order valence-electron chi connectivity index (χ3n) is 3.28. The molecule has 4 nitrogen and oxygen atoms in total. The summed E-state index contributed by atoms with van der Waals surface area (Å²) in [7, 11) is 0. The van der Waals surface area contributed by atoms with Crippen molar-refractivity contribution in [1.82, 2.24) is 5.32 Å². The second-order valence-electron chi connectivity index (χ2n) is 4.74. The van der Waals surface area contributed by atoms with E-state index in [0.717, 1.165) is 19.4 Å². The number of nitrogens with one attached hydrogen (secondary N) is 1. The third kappa shape index (κ3) is 4.27. The molecule has 18 heavy (non-hydrogen) atoms. The summed E-state index contributed by atoms with van der Waals surface area (Å²) >= 11 is 0. The van der Waals surface area contributed by atoms with Crippen LogP contribution in [0.4, 0.5) is 0 Å². The van der Waals surface area contributed by atoms with Crippen LogP contribution < -0.4 is 5.32 Å². The van der Waals surface area contributed by atoms with Crippen molar-refractivity contribution >= 4 is 5.78 Å². The first-order valence-corrected chi connectivity index (χ1v) is 6.74. The first kappa shape index (κ1) is 13.3. The molecule has 1 saturated heterocycles. The van der Waals surface area contributed by atoms with E-state index < -0.39 is 0 Å². The number of carbonyl (C=O) groups is 1. The van der Waals surface area contributed by atoms with Crippen LogP contribution in [-0.2, 0) is 4.74 Å². The molecule has 1 N–H and O–H groups in total. The van der Waals surface area contributed by atoms with Crippen molar-refractivity contribution < 1.29 is 13.9 Å². The van der Waals surface area contributed by atoms with Crippen molar-refractivity contribution in [1.29, 1.82) is 0 Å². The summed E-state index contributed by atoms with van der Waals surface area (Å²) in [6, 6.07) is 4.02. The van der Waals surface area contributed by atoms with E-state index in [1.54, 1.807) is 12.1 Å². The number of ketones is 1. The van der Waals surface area contributed by atoms with Crippen LogP contribution >= 0.6 is 0 Å². The Morgan fingerprint density at radius 1 is 1.50 bits per heavy atom. The molecule has 1 aliphatic rings. The van der Waals surface area contributed by atoms with Gasteiger partial charge in [-0.2, -0.15) is 0 Å². The maximum atomic E-state index is 11.5. The van der Waals surface area contributed by atoms with Crippen molar-refractivity contribution in [3.63, 3.8) is 0 Å². The number of hydrogen-bond acceptors (Lipinski definition) is 4. The van der Waals surface area contributed by atoms with Crippen molar-refractivity contribution in [3.8, 4) is 0 Å². The highest BCUT2D eigenvalue weighted by Crippen LogP contribution is 2.11. The SMILES string of the molecule is O=C(COCCCC1CCCCN1)c1ccco1. The third-order valence-corrected chi connectivity index (χ3v) is 3.28. The Kier molecular flexibility index (Phi) is 5.42. The lowest BCUT2D eigenvalue weighted by Crippen LogP contribution is -2.34. The quantitative estimate of drug-likeness (QED) is 0.597. The topological polar surface area (TPSA) is 51.5 Å². The second kappa shape index (κ2) is 7.34. The van der Waals surface area contributed by atoms with Crippen molar-refractivity contribution in [2.75, 3.05) is 19.8 Å². The predicted molar refractivity (Wildman–Crippen MR) is 68.7 cm³/mol. The summed E-state index contributed by atoms with van der Waals surface area (Å²) in [5, 5.41) is 3.50. The molecule has 0 spiro atoms. The van der Waals surface area contributed by atoms with Crippen LogP contribution in [-0.4, -0.2) is 31.6 Å². The van der Waals surface area contributed by atoms with Crippen LogP contribution in [0.2, 0.25) is 0 Å². The van der Waals surface area contributed by atoms with E-state index in [0.29, 0.717) is 18.4 Å². The molecular formula is C14H21NO3. The monoisotopic (exact) mass is 251 g/mol. The van der Waals surface area contributed by atoms with Gasteiger partial charge in [-0.25, -0.2) is 0 Å². The van der Waals surface area contributed by atoms with Crippen LogP contribution in [0.3, 0.4) is 0 Å². The minimum atomic E-state index is -0.0872. The standard InChI is InChI=1S/C14H21NO3/c16-13(14-7-4-10-18-14)11-17-9-3-6-12-5-1-2-8-15-12/h4,7,10,12,15H,1-3,5-6,8-9,11H2. The summed E-state index contributed by atoms with van der Waals surface area (Å²) < 4.78 is 10.4. The highest BCUT2D eigenvalue weighted by Gasteiger charge is 2.12. The van der Waals surface area contributed by atoms with Crippen LogP contribution in [0, 0.1) is 0 Å². The number of rotatable bonds is 7. The summed E-state index contributed by atoms with van der Waals surface area (Å²) in [4.78, 5) is 11.5. The molecular weight excluding hydrogens is 230 g/mol. The van der Waals surface area contributed by atoms with Crippen molar-refractivity contribution in [2.45, 2.75) is 38.1 Å². The molecule has 1 atom stereocenters. The van der Waals surface area contributed by atoms with E-state index in [2.05, 4.69) is 5.32 Å². The van der Waals surface area contributed by atoms with Gasteiger partial charge in [0.1, 0.15) is 6.61 Å². The van der Waals surface area contributed by atoms with Gasteiger partial charge in [0.2, 0.25) is 5.78 Å². The Hall–Kier alpha value is -1.13. The molecule has 0 saturated carbocycles. The lowest BCUT2D eigenvalue weighted by Gasteiger charge is -2.23. The fourth-order valence-electron chi connectivity index (χ4n) is 2.28. The molecule has 2 heterocycles. The van der Waals surface area contributed by atoms with E-state index in [-0.39, 0.29) is 12.4 Å². The van der Waals surface area contributed by atoms with Gasteiger partial charge in [-0.05, 0) is 44.4 Å². The number of piperidine rings is 1. The van der Waals surface area contributed by atoms with Gasteiger partial charge in [0.15, 0.2) is 5.76 Å². The molecule has 0 amide bonds. The number of Topliss-reactive ketones (excluding diaryl/α,β-unsaturated/α-hetero) is 1. The summed E-state index contributed by atoms with van der Waals surface area (Å²) in [6.45, 7) is 1.90. The Morgan fingerprint density at radius 3 is 3.17 bits per heavy atom. The Labute approximate surface area is 108 Å². The molecule has 1 aliphatic heterocycles. The van der Waals surface area contributed by atoms with Crippen LogP contribution in [0.1, 0.15) is 42.7 Å². The van der Waals surface area contributed by atoms with Crippen molar-refractivity contribution in [3.05, 3.63) is 24.2 Å². The number of ether oxygens (including phenoxy) is 1. The first-order chi connectivity index (χ1) is 8.86. The molecule has 2 rings (SSSR count). The smallest absolute Gasteiger partial charge is 0.223 e.